The number of aromatic carboxylic acids is 1. The lowest BCUT2D eigenvalue weighted by molar-refractivity contribution is 0.0697. The lowest BCUT2D eigenvalue weighted by Crippen LogP contribution is -2.32. The molecule has 1 aliphatic rings. The molecule has 3 nitrogen and oxygen atoms in total. The summed E-state index contributed by atoms with van der Waals surface area (Å²) in [4.78, 5) is 11.8. The molecule has 88 valence electrons. The number of thioether (sulfide) groups is 1. The number of carboxylic acids is 1. The SMILES string of the molecule is O=C(O)c1csc(CNC2CCCSC2)c1. The van der Waals surface area contributed by atoms with E-state index in [0.717, 1.165) is 11.4 Å². The molecule has 16 heavy (non-hydrogen) atoms. The van der Waals surface area contributed by atoms with Gasteiger partial charge in [-0.25, -0.2) is 4.79 Å². The van der Waals surface area contributed by atoms with E-state index in [1.54, 1.807) is 11.4 Å². The van der Waals surface area contributed by atoms with Crippen molar-refractivity contribution in [2.45, 2.75) is 25.4 Å². The fourth-order valence-corrected chi connectivity index (χ4v) is 3.65. The summed E-state index contributed by atoms with van der Waals surface area (Å²) in [7, 11) is 0. The summed E-state index contributed by atoms with van der Waals surface area (Å²) in [6.07, 6.45) is 2.53. The molecule has 2 heterocycles. The van der Waals surface area contributed by atoms with Crippen LogP contribution in [0.1, 0.15) is 28.1 Å². The number of carboxylic acid groups (broad SMARTS) is 1. The Morgan fingerprint density at radius 1 is 1.62 bits per heavy atom. The fourth-order valence-electron chi connectivity index (χ4n) is 1.73. The smallest absolute Gasteiger partial charge is 0.336 e. The maximum Gasteiger partial charge on any atom is 0.336 e. The highest BCUT2D eigenvalue weighted by molar-refractivity contribution is 7.99. The molecule has 0 spiro atoms. The van der Waals surface area contributed by atoms with E-state index in [4.69, 9.17) is 5.11 Å². The third-order valence-corrected chi connectivity index (χ3v) is 4.78. The summed E-state index contributed by atoms with van der Waals surface area (Å²) < 4.78 is 0. The molecule has 0 aliphatic carbocycles. The molecule has 1 unspecified atom stereocenters. The summed E-state index contributed by atoms with van der Waals surface area (Å²) in [5.74, 6) is 1.62. The van der Waals surface area contributed by atoms with Crippen LogP contribution >= 0.6 is 23.1 Å². The third-order valence-electron chi connectivity index (χ3n) is 2.63. The zero-order chi connectivity index (χ0) is 11.4. The quantitative estimate of drug-likeness (QED) is 0.870. The monoisotopic (exact) mass is 257 g/mol. The second-order valence-electron chi connectivity index (χ2n) is 3.90. The highest BCUT2D eigenvalue weighted by Crippen LogP contribution is 2.19. The van der Waals surface area contributed by atoms with Gasteiger partial charge in [0.25, 0.3) is 0 Å². The van der Waals surface area contributed by atoms with E-state index in [0.29, 0.717) is 11.6 Å². The number of carbonyl (C=O) groups is 1. The Labute approximate surface area is 103 Å². The highest BCUT2D eigenvalue weighted by atomic mass is 32.2. The molecule has 2 rings (SSSR count). The number of hydrogen-bond acceptors (Lipinski definition) is 4. The van der Waals surface area contributed by atoms with Gasteiger partial charge in [0.1, 0.15) is 0 Å². The first-order valence-corrected chi connectivity index (χ1v) is 7.41. The van der Waals surface area contributed by atoms with Crippen LogP contribution in [0.4, 0.5) is 0 Å². The van der Waals surface area contributed by atoms with Gasteiger partial charge >= 0.3 is 5.97 Å². The van der Waals surface area contributed by atoms with Crippen molar-refractivity contribution in [2.75, 3.05) is 11.5 Å². The van der Waals surface area contributed by atoms with E-state index in [9.17, 15) is 4.79 Å². The van der Waals surface area contributed by atoms with Crippen molar-refractivity contribution < 1.29 is 9.90 Å². The summed E-state index contributed by atoms with van der Waals surface area (Å²) >= 11 is 3.51. The van der Waals surface area contributed by atoms with Gasteiger partial charge in [-0.15, -0.1) is 11.3 Å². The van der Waals surface area contributed by atoms with Crippen molar-refractivity contribution in [3.8, 4) is 0 Å². The average molecular weight is 257 g/mol. The molecule has 1 aromatic heterocycles. The highest BCUT2D eigenvalue weighted by Gasteiger charge is 2.13. The van der Waals surface area contributed by atoms with Crippen molar-refractivity contribution >= 4 is 29.1 Å². The maximum absolute atomic E-state index is 10.7. The Kier molecular flexibility index (Phi) is 4.26. The average Bonchev–Trinajstić information content (AvgIpc) is 2.76. The van der Waals surface area contributed by atoms with Crippen molar-refractivity contribution in [1.82, 2.24) is 5.32 Å². The zero-order valence-corrected chi connectivity index (χ0v) is 10.6. The number of thiophene rings is 1. The lowest BCUT2D eigenvalue weighted by atomic mass is 10.2. The number of rotatable bonds is 4. The Hall–Kier alpha value is -0.520. The summed E-state index contributed by atoms with van der Waals surface area (Å²) in [6.45, 7) is 0.795. The van der Waals surface area contributed by atoms with Crippen molar-refractivity contribution in [1.29, 1.82) is 0 Å². The summed E-state index contributed by atoms with van der Waals surface area (Å²) in [6, 6.07) is 2.35. The predicted molar refractivity (Wildman–Crippen MR) is 68.5 cm³/mol. The third kappa shape index (κ3) is 3.23. The fraction of sp³-hybridized carbons (Fsp3) is 0.545. The van der Waals surface area contributed by atoms with Crippen molar-refractivity contribution in [3.05, 3.63) is 21.9 Å². The van der Waals surface area contributed by atoms with Gasteiger partial charge in [0.15, 0.2) is 0 Å². The minimum Gasteiger partial charge on any atom is -0.478 e. The summed E-state index contributed by atoms with van der Waals surface area (Å²) in [5, 5.41) is 14.0. The second kappa shape index (κ2) is 5.70. The molecule has 5 heteroatoms. The van der Waals surface area contributed by atoms with Gasteiger partial charge in [0.05, 0.1) is 5.56 Å². The number of hydrogen-bond donors (Lipinski definition) is 2. The normalized spacial score (nSPS) is 20.9. The van der Waals surface area contributed by atoms with E-state index >= 15 is 0 Å². The lowest BCUT2D eigenvalue weighted by Gasteiger charge is -2.22. The second-order valence-corrected chi connectivity index (χ2v) is 6.05. The molecule has 1 fully saturated rings. The van der Waals surface area contributed by atoms with E-state index in [-0.39, 0.29) is 0 Å². The molecule has 1 aromatic rings. The summed E-state index contributed by atoms with van der Waals surface area (Å²) in [5.41, 5.74) is 0.403. The van der Waals surface area contributed by atoms with Crippen LogP contribution in [0.5, 0.6) is 0 Å². The van der Waals surface area contributed by atoms with Crippen LogP contribution in [-0.4, -0.2) is 28.6 Å². The van der Waals surface area contributed by atoms with Crippen molar-refractivity contribution in [2.24, 2.45) is 0 Å². The van der Waals surface area contributed by atoms with Crippen LogP contribution in [-0.2, 0) is 6.54 Å². The minimum absolute atomic E-state index is 0.403. The van der Waals surface area contributed by atoms with Crippen LogP contribution in [0, 0.1) is 0 Å². The van der Waals surface area contributed by atoms with E-state index in [1.807, 2.05) is 11.8 Å². The van der Waals surface area contributed by atoms with Gasteiger partial charge in [0, 0.05) is 28.6 Å². The van der Waals surface area contributed by atoms with E-state index in [2.05, 4.69) is 5.32 Å². The largest absolute Gasteiger partial charge is 0.478 e. The van der Waals surface area contributed by atoms with Gasteiger partial charge in [-0.1, -0.05) is 0 Å². The van der Waals surface area contributed by atoms with E-state index in [1.165, 1.54) is 35.7 Å². The van der Waals surface area contributed by atoms with Crippen LogP contribution in [0.3, 0.4) is 0 Å². The molecule has 0 aromatic carbocycles. The zero-order valence-electron chi connectivity index (χ0n) is 8.94. The van der Waals surface area contributed by atoms with E-state index < -0.39 is 5.97 Å². The molecule has 1 atom stereocenters. The molecule has 2 N–H and O–H groups in total. The van der Waals surface area contributed by atoms with Crippen molar-refractivity contribution in [3.63, 3.8) is 0 Å². The predicted octanol–water partition coefficient (Wildman–Crippen LogP) is 2.43. The van der Waals surface area contributed by atoms with Crippen LogP contribution in [0.15, 0.2) is 11.4 Å². The molecule has 0 saturated carbocycles. The van der Waals surface area contributed by atoms with Crippen LogP contribution < -0.4 is 5.32 Å². The standard InChI is InChI=1S/C11H15NO2S2/c13-11(14)8-4-10(16-6-8)5-12-9-2-1-3-15-7-9/h4,6,9,12H,1-3,5,7H2,(H,13,14). The Bertz CT molecular complexity index is 359. The van der Waals surface area contributed by atoms with Gasteiger partial charge < -0.3 is 10.4 Å². The van der Waals surface area contributed by atoms with Crippen LogP contribution in [0.2, 0.25) is 0 Å². The minimum atomic E-state index is -0.837. The first-order chi connectivity index (χ1) is 7.75. The molecule has 0 bridgehead atoms. The molecule has 1 saturated heterocycles. The Morgan fingerprint density at radius 3 is 3.12 bits per heavy atom. The van der Waals surface area contributed by atoms with Gasteiger partial charge in [-0.05, 0) is 24.7 Å². The molecule has 0 amide bonds. The topological polar surface area (TPSA) is 49.3 Å². The van der Waals surface area contributed by atoms with Crippen LogP contribution in [0.25, 0.3) is 0 Å². The first-order valence-electron chi connectivity index (χ1n) is 5.37. The molecular weight excluding hydrogens is 242 g/mol. The maximum atomic E-state index is 10.7. The molecule has 1 aliphatic heterocycles. The van der Waals surface area contributed by atoms with Gasteiger partial charge in [-0.2, -0.15) is 11.8 Å². The number of nitrogens with one attached hydrogen (secondary N) is 1. The Morgan fingerprint density at radius 2 is 2.50 bits per heavy atom. The van der Waals surface area contributed by atoms with Gasteiger partial charge in [-0.3, -0.25) is 0 Å². The first kappa shape index (κ1) is 12.0. The molecular formula is C11H15NO2S2. The van der Waals surface area contributed by atoms with Gasteiger partial charge in [0.2, 0.25) is 0 Å². The Balaban J connectivity index is 1.81. The molecule has 0 radical (unpaired) electrons.